The molecule has 4 nitrogen and oxygen atoms in total. The van der Waals surface area contributed by atoms with Crippen LogP contribution in [0.4, 0.5) is 0 Å². The van der Waals surface area contributed by atoms with Crippen molar-refractivity contribution in [2.24, 2.45) is 5.73 Å². The van der Waals surface area contributed by atoms with Crippen molar-refractivity contribution in [3.63, 3.8) is 0 Å². The number of nitrogens with two attached hydrogens (primary N) is 1. The summed E-state index contributed by atoms with van der Waals surface area (Å²) in [6, 6.07) is 18.1. The molecule has 0 aliphatic heterocycles. The lowest BCUT2D eigenvalue weighted by atomic mass is 10.1. The second-order valence-corrected chi connectivity index (χ2v) is 5.08. The van der Waals surface area contributed by atoms with Crippen molar-refractivity contribution in [2.45, 2.75) is 6.42 Å². The molecule has 110 valence electrons. The third-order valence-electron chi connectivity index (χ3n) is 3.33. The van der Waals surface area contributed by atoms with Gasteiger partial charge in [0.2, 0.25) is 5.91 Å². The van der Waals surface area contributed by atoms with Crippen LogP contribution in [-0.2, 0) is 11.2 Å². The van der Waals surface area contributed by atoms with Gasteiger partial charge in [0.25, 0.3) is 0 Å². The molecule has 4 heteroatoms. The van der Waals surface area contributed by atoms with Gasteiger partial charge in [-0.1, -0.05) is 24.3 Å². The molecule has 0 aliphatic carbocycles. The summed E-state index contributed by atoms with van der Waals surface area (Å²) in [5, 5.41) is 11.4. The van der Waals surface area contributed by atoms with Crippen LogP contribution in [0, 0.1) is 0 Å². The van der Waals surface area contributed by atoms with E-state index in [2.05, 4.69) is 0 Å². The lowest BCUT2D eigenvalue weighted by molar-refractivity contribution is -0.117. The summed E-state index contributed by atoms with van der Waals surface area (Å²) in [5.74, 6) is 1.28. The zero-order chi connectivity index (χ0) is 15.5. The largest absolute Gasteiger partial charge is 0.508 e. The van der Waals surface area contributed by atoms with Crippen molar-refractivity contribution in [3.05, 3.63) is 66.2 Å². The fourth-order valence-electron chi connectivity index (χ4n) is 2.29. The molecule has 0 saturated carbocycles. The van der Waals surface area contributed by atoms with Gasteiger partial charge in [-0.05, 0) is 52.7 Å². The van der Waals surface area contributed by atoms with Crippen LogP contribution in [-0.4, -0.2) is 11.0 Å². The number of hydrogen-bond acceptors (Lipinski definition) is 3. The van der Waals surface area contributed by atoms with E-state index in [1.807, 2.05) is 36.4 Å². The summed E-state index contributed by atoms with van der Waals surface area (Å²) >= 11 is 0. The number of aromatic hydroxyl groups is 1. The number of phenols is 1. The Morgan fingerprint density at radius 2 is 1.55 bits per heavy atom. The average Bonchev–Trinajstić information content (AvgIpc) is 2.49. The smallest absolute Gasteiger partial charge is 0.221 e. The normalized spacial score (nSPS) is 10.5. The first-order chi connectivity index (χ1) is 10.6. The second-order valence-electron chi connectivity index (χ2n) is 5.08. The van der Waals surface area contributed by atoms with Crippen LogP contribution in [0.3, 0.4) is 0 Å². The Morgan fingerprint density at radius 1 is 0.909 bits per heavy atom. The van der Waals surface area contributed by atoms with Gasteiger partial charge in [0.1, 0.15) is 17.2 Å². The fourth-order valence-corrected chi connectivity index (χ4v) is 2.29. The Bertz CT molecular complexity index is 825. The van der Waals surface area contributed by atoms with E-state index in [9.17, 15) is 9.90 Å². The van der Waals surface area contributed by atoms with Crippen LogP contribution < -0.4 is 10.5 Å². The highest BCUT2D eigenvalue weighted by Gasteiger charge is 2.02. The molecule has 3 rings (SSSR count). The van der Waals surface area contributed by atoms with Crippen molar-refractivity contribution in [3.8, 4) is 17.2 Å². The van der Waals surface area contributed by atoms with Crippen molar-refractivity contribution in [2.75, 3.05) is 0 Å². The number of hydrogen-bond donors (Lipinski definition) is 2. The van der Waals surface area contributed by atoms with E-state index in [4.69, 9.17) is 10.5 Å². The molecule has 1 amide bonds. The number of primary amides is 1. The average molecular weight is 293 g/mol. The Labute approximate surface area is 127 Å². The molecule has 0 fully saturated rings. The fraction of sp³-hybridized carbons (Fsp3) is 0.0556. The van der Waals surface area contributed by atoms with E-state index in [0.29, 0.717) is 11.5 Å². The van der Waals surface area contributed by atoms with Crippen molar-refractivity contribution in [1.29, 1.82) is 0 Å². The van der Waals surface area contributed by atoms with Crippen molar-refractivity contribution < 1.29 is 14.6 Å². The monoisotopic (exact) mass is 293 g/mol. The number of rotatable bonds is 4. The molecule has 0 saturated heterocycles. The molecule has 3 aromatic carbocycles. The molecule has 3 N–H and O–H groups in total. The molecule has 0 atom stereocenters. The molecule has 0 aliphatic rings. The summed E-state index contributed by atoms with van der Waals surface area (Å²) in [6.07, 6.45) is 0.222. The van der Waals surface area contributed by atoms with Gasteiger partial charge in [0.15, 0.2) is 0 Å². The predicted molar refractivity (Wildman–Crippen MR) is 85.0 cm³/mol. The first kappa shape index (κ1) is 13.9. The van der Waals surface area contributed by atoms with E-state index in [1.54, 1.807) is 24.3 Å². The van der Waals surface area contributed by atoms with Gasteiger partial charge in [-0.25, -0.2) is 0 Å². The van der Waals surface area contributed by atoms with Gasteiger partial charge in [0.05, 0.1) is 6.42 Å². The Kier molecular flexibility index (Phi) is 3.66. The van der Waals surface area contributed by atoms with E-state index >= 15 is 0 Å². The van der Waals surface area contributed by atoms with Crippen LogP contribution in [0.5, 0.6) is 17.2 Å². The minimum absolute atomic E-state index is 0.222. The SMILES string of the molecule is NC(=O)Cc1ccc(Oc2ccc3cc(O)ccc3c2)cc1. The third kappa shape index (κ3) is 3.17. The molecular weight excluding hydrogens is 278 g/mol. The van der Waals surface area contributed by atoms with Crippen LogP contribution in [0.15, 0.2) is 60.7 Å². The zero-order valence-electron chi connectivity index (χ0n) is 11.8. The standard InChI is InChI=1S/C18H15NO3/c19-18(21)9-12-1-6-16(7-2-12)22-17-8-4-13-10-15(20)5-3-14(13)11-17/h1-8,10-11,20H,9H2,(H2,19,21). The second kappa shape index (κ2) is 5.77. The van der Waals surface area contributed by atoms with E-state index in [-0.39, 0.29) is 18.1 Å². The molecule has 0 spiro atoms. The lowest BCUT2D eigenvalue weighted by Gasteiger charge is -2.08. The molecule has 0 heterocycles. The van der Waals surface area contributed by atoms with E-state index in [0.717, 1.165) is 16.3 Å². The summed E-state index contributed by atoms with van der Waals surface area (Å²) in [7, 11) is 0. The lowest BCUT2D eigenvalue weighted by Crippen LogP contribution is -2.13. The maximum Gasteiger partial charge on any atom is 0.221 e. The van der Waals surface area contributed by atoms with Crippen LogP contribution in [0.2, 0.25) is 0 Å². The van der Waals surface area contributed by atoms with E-state index in [1.165, 1.54) is 0 Å². The molecule has 0 bridgehead atoms. The molecule has 0 aromatic heterocycles. The van der Waals surface area contributed by atoms with Crippen LogP contribution in [0.25, 0.3) is 10.8 Å². The molecule has 0 radical (unpaired) electrons. The Balaban J connectivity index is 1.80. The molecule has 0 unspecified atom stereocenters. The van der Waals surface area contributed by atoms with Crippen LogP contribution in [0.1, 0.15) is 5.56 Å². The zero-order valence-corrected chi connectivity index (χ0v) is 11.8. The van der Waals surface area contributed by atoms with Crippen LogP contribution >= 0.6 is 0 Å². The maximum atomic E-state index is 10.9. The Morgan fingerprint density at radius 3 is 2.27 bits per heavy atom. The first-order valence-corrected chi connectivity index (χ1v) is 6.88. The highest BCUT2D eigenvalue weighted by molar-refractivity contribution is 5.85. The van der Waals surface area contributed by atoms with Crippen molar-refractivity contribution in [1.82, 2.24) is 0 Å². The number of fused-ring (bicyclic) bond motifs is 1. The third-order valence-corrected chi connectivity index (χ3v) is 3.33. The first-order valence-electron chi connectivity index (χ1n) is 6.88. The molecule has 3 aromatic rings. The van der Waals surface area contributed by atoms with Gasteiger partial charge < -0.3 is 15.6 Å². The number of ether oxygens (including phenoxy) is 1. The topological polar surface area (TPSA) is 72.6 Å². The summed E-state index contributed by atoms with van der Waals surface area (Å²) < 4.78 is 5.80. The summed E-state index contributed by atoms with van der Waals surface area (Å²) in [5.41, 5.74) is 6.02. The summed E-state index contributed by atoms with van der Waals surface area (Å²) in [6.45, 7) is 0. The minimum Gasteiger partial charge on any atom is -0.508 e. The number of phenolic OH excluding ortho intramolecular Hbond substituents is 1. The quantitative estimate of drug-likeness (QED) is 0.774. The number of amides is 1. The molecular formula is C18H15NO3. The maximum absolute atomic E-state index is 10.9. The number of carbonyl (C=O) groups excluding carboxylic acids is 1. The van der Waals surface area contributed by atoms with Gasteiger partial charge in [-0.15, -0.1) is 0 Å². The van der Waals surface area contributed by atoms with Gasteiger partial charge in [0, 0.05) is 0 Å². The van der Waals surface area contributed by atoms with Gasteiger partial charge in [-0.2, -0.15) is 0 Å². The highest BCUT2D eigenvalue weighted by atomic mass is 16.5. The number of carbonyl (C=O) groups is 1. The van der Waals surface area contributed by atoms with E-state index < -0.39 is 0 Å². The van der Waals surface area contributed by atoms with Crippen molar-refractivity contribution >= 4 is 16.7 Å². The molecule has 22 heavy (non-hydrogen) atoms. The Hall–Kier alpha value is -3.01. The predicted octanol–water partition coefficient (Wildman–Crippen LogP) is 3.37. The van der Waals surface area contributed by atoms with Gasteiger partial charge >= 0.3 is 0 Å². The minimum atomic E-state index is -0.355. The highest BCUT2D eigenvalue weighted by Crippen LogP contribution is 2.27. The van der Waals surface area contributed by atoms with Gasteiger partial charge in [-0.3, -0.25) is 4.79 Å². The number of benzene rings is 3. The summed E-state index contributed by atoms with van der Waals surface area (Å²) in [4.78, 5) is 10.9.